The molecule has 0 spiro atoms. The molecule has 0 saturated carbocycles. The van der Waals surface area contributed by atoms with Gasteiger partial charge in [-0.1, -0.05) is 36.4 Å². The molecule has 1 N–H and O–H groups in total. The summed E-state index contributed by atoms with van der Waals surface area (Å²) in [4.78, 5) is 28.3. The number of hydrogen-bond acceptors (Lipinski definition) is 4. The van der Waals surface area contributed by atoms with Gasteiger partial charge in [0.15, 0.2) is 0 Å². The van der Waals surface area contributed by atoms with Crippen molar-refractivity contribution < 1.29 is 19.2 Å². The third-order valence-corrected chi connectivity index (χ3v) is 2.64. The number of amides is 1. The van der Waals surface area contributed by atoms with Crippen molar-refractivity contribution in [2.75, 3.05) is 0 Å². The number of hydrogen-bond donors (Lipinski definition) is 1. The molecule has 0 heterocycles. The number of carbonyl (C=O) groups is 2. The molecule has 2 aromatic carbocycles. The predicted octanol–water partition coefficient (Wildman–Crippen LogP) is 3.44. The van der Waals surface area contributed by atoms with Crippen LogP contribution < -0.4 is 5.48 Å². The number of rotatable bonds is 1. The Kier molecular flexibility index (Phi) is 4.12. The molecular weight excluding hydrogens is 270 g/mol. The molecule has 0 aliphatic heterocycles. The molecule has 2 aromatic rings. The van der Waals surface area contributed by atoms with Gasteiger partial charge in [-0.2, -0.15) is 0 Å². The van der Waals surface area contributed by atoms with Gasteiger partial charge in [-0.05, 0) is 37.6 Å². The highest BCUT2D eigenvalue weighted by molar-refractivity contribution is 6.04. The van der Waals surface area contributed by atoms with Crippen LogP contribution in [-0.2, 0) is 9.57 Å². The van der Waals surface area contributed by atoms with Gasteiger partial charge in [-0.3, -0.25) is 0 Å². The van der Waals surface area contributed by atoms with Gasteiger partial charge in [-0.15, -0.1) is 5.48 Å². The number of benzene rings is 2. The largest absolute Gasteiger partial charge is 0.442 e. The van der Waals surface area contributed by atoms with E-state index >= 15 is 0 Å². The quantitative estimate of drug-likeness (QED) is 0.816. The summed E-state index contributed by atoms with van der Waals surface area (Å²) >= 11 is 0. The second-order valence-corrected chi connectivity index (χ2v) is 5.52. The number of ether oxygens (including phenoxy) is 1. The summed E-state index contributed by atoms with van der Waals surface area (Å²) < 4.78 is 4.98. The smallest absolute Gasteiger partial charge is 0.441 e. The second-order valence-electron chi connectivity index (χ2n) is 5.52. The minimum absolute atomic E-state index is 0.379. The minimum atomic E-state index is -0.809. The van der Waals surface area contributed by atoms with E-state index in [1.54, 1.807) is 32.9 Å². The van der Waals surface area contributed by atoms with Crippen LogP contribution in [-0.4, -0.2) is 17.7 Å². The van der Waals surface area contributed by atoms with E-state index in [0.717, 1.165) is 10.8 Å². The summed E-state index contributed by atoms with van der Waals surface area (Å²) in [7, 11) is 0. The highest BCUT2D eigenvalue weighted by Crippen LogP contribution is 2.19. The summed E-state index contributed by atoms with van der Waals surface area (Å²) in [5.74, 6) is -0.641. The lowest BCUT2D eigenvalue weighted by Crippen LogP contribution is -2.34. The summed E-state index contributed by atoms with van der Waals surface area (Å²) in [5, 5.41) is 1.68. The maximum Gasteiger partial charge on any atom is 0.441 e. The lowest BCUT2D eigenvalue weighted by molar-refractivity contribution is -0.00117. The Hall–Kier alpha value is -2.56. The molecule has 0 aliphatic rings. The van der Waals surface area contributed by atoms with E-state index in [9.17, 15) is 9.59 Å². The summed E-state index contributed by atoms with van der Waals surface area (Å²) in [6.07, 6.45) is -0.809. The Morgan fingerprint density at radius 1 is 1.00 bits per heavy atom. The SMILES string of the molecule is CC(C)(C)OC(=O)NOC(=O)c1cccc2ccccc12. The molecule has 2 rings (SSSR count). The fourth-order valence-corrected chi connectivity index (χ4v) is 1.85. The zero-order valence-electron chi connectivity index (χ0n) is 12.2. The average Bonchev–Trinajstić information content (AvgIpc) is 2.42. The van der Waals surface area contributed by atoms with E-state index in [2.05, 4.69) is 0 Å². The topological polar surface area (TPSA) is 64.6 Å². The van der Waals surface area contributed by atoms with Crippen molar-refractivity contribution in [2.24, 2.45) is 0 Å². The van der Waals surface area contributed by atoms with Crippen molar-refractivity contribution in [1.29, 1.82) is 0 Å². The first-order valence-corrected chi connectivity index (χ1v) is 6.55. The Morgan fingerprint density at radius 3 is 2.38 bits per heavy atom. The van der Waals surface area contributed by atoms with Gasteiger partial charge in [0.05, 0.1) is 5.56 Å². The van der Waals surface area contributed by atoms with Gasteiger partial charge in [0.25, 0.3) is 0 Å². The maximum atomic E-state index is 12.0. The molecular formula is C16H17NO4. The molecule has 110 valence electrons. The van der Waals surface area contributed by atoms with Crippen molar-refractivity contribution >= 4 is 22.8 Å². The number of nitrogens with one attached hydrogen (secondary N) is 1. The molecule has 5 nitrogen and oxygen atoms in total. The Morgan fingerprint density at radius 2 is 1.67 bits per heavy atom. The third kappa shape index (κ3) is 3.95. The number of hydroxylamine groups is 1. The summed E-state index contributed by atoms with van der Waals surface area (Å²) in [6, 6.07) is 12.7. The van der Waals surface area contributed by atoms with Crippen LogP contribution in [0.1, 0.15) is 31.1 Å². The minimum Gasteiger partial charge on any atom is -0.442 e. The molecule has 0 bridgehead atoms. The Balaban J connectivity index is 2.08. The Labute approximate surface area is 122 Å². The average molecular weight is 287 g/mol. The molecule has 0 radical (unpaired) electrons. The van der Waals surface area contributed by atoms with E-state index in [-0.39, 0.29) is 0 Å². The van der Waals surface area contributed by atoms with Crippen LogP contribution in [0.4, 0.5) is 4.79 Å². The standard InChI is InChI=1S/C16H17NO4/c1-16(2,3)20-15(19)17-21-14(18)13-10-6-8-11-7-4-5-9-12(11)13/h4-10H,1-3H3,(H,17,19). The normalized spacial score (nSPS) is 11.0. The van der Waals surface area contributed by atoms with E-state index in [1.165, 1.54) is 0 Å². The van der Waals surface area contributed by atoms with Crippen molar-refractivity contribution in [2.45, 2.75) is 26.4 Å². The van der Waals surface area contributed by atoms with Crippen LogP contribution in [0.5, 0.6) is 0 Å². The van der Waals surface area contributed by atoms with Crippen LogP contribution in [0, 0.1) is 0 Å². The zero-order chi connectivity index (χ0) is 15.5. The molecule has 5 heteroatoms. The molecule has 0 saturated heterocycles. The van der Waals surface area contributed by atoms with Crippen molar-refractivity contribution in [3.8, 4) is 0 Å². The van der Waals surface area contributed by atoms with Crippen LogP contribution >= 0.6 is 0 Å². The predicted molar refractivity (Wildman–Crippen MR) is 78.7 cm³/mol. The monoisotopic (exact) mass is 287 g/mol. The van der Waals surface area contributed by atoms with Crippen molar-refractivity contribution in [1.82, 2.24) is 5.48 Å². The van der Waals surface area contributed by atoms with E-state index in [1.807, 2.05) is 35.8 Å². The fraction of sp³-hybridized carbons (Fsp3) is 0.250. The second kappa shape index (κ2) is 5.83. The van der Waals surface area contributed by atoms with E-state index < -0.39 is 17.7 Å². The van der Waals surface area contributed by atoms with Gasteiger partial charge in [-0.25, -0.2) is 9.59 Å². The first-order valence-electron chi connectivity index (χ1n) is 6.55. The van der Waals surface area contributed by atoms with Crippen LogP contribution in [0.3, 0.4) is 0 Å². The zero-order valence-corrected chi connectivity index (χ0v) is 12.2. The van der Waals surface area contributed by atoms with Crippen molar-refractivity contribution in [3.63, 3.8) is 0 Å². The molecule has 0 unspecified atom stereocenters. The number of carbonyl (C=O) groups excluding carboxylic acids is 2. The van der Waals surface area contributed by atoms with Crippen molar-refractivity contribution in [3.05, 3.63) is 48.0 Å². The molecule has 0 aliphatic carbocycles. The van der Waals surface area contributed by atoms with E-state index in [0.29, 0.717) is 5.56 Å². The van der Waals surface area contributed by atoms with Crippen LogP contribution in [0.25, 0.3) is 10.8 Å². The molecule has 21 heavy (non-hydrogen) atoms. The summed E-state index contributed by atoms with van der Waals surface area (Å²) in [6.45, 7) is 5.16. The fourth-order valence-electron chi connectivity index (χ4n) is 1.85. The highest BCUT2D eigenvalue weighted by atomic mass is 16.7. The lowest BCUT2D eigenvalue weighted by Gasteiger charge is -2.19. The van der Waals surface area contributed by atoms with Gasteiger partial charge >= 0.3 is 12.1 Å². The van der Waals surface area contributed by atoms with Gasteiger partial charge in [0.2, 0.25) is 0 Å². The van der Waals surface area contributed by atoms with Gasteiger partial charge in [0, 0.05) is 0 Å². The highest BCUT2D eigenvalue weighted by Gasteiger charge is 2.18. The lowest BCUT2D eigenvalue weighted by atomic mass is 10.1. The third-order valence-electron chi connectivity index (χ3n) is 2.64. The molecule has 1 amide bonds. The van der Waals surface area contributed by atoms with E-state index in [4.69, 9.17) is 9.57 Å². The molecule has 0 aromatic heterocycles. The molecule has 0 atom stereocenters. The molecule has 0 fully saturated rings. The Bertz CT molecular complexity index is 668. The summed E-state index contributed by atoms with van der Waals surface area (Å²) in [5.41, 5.74) is 1.71. The van der Waals surface area contributed by atoms with Gasteiger partial charge in [0.1, 0.15) is 5.60 Å². The van der Waals surface area contributed by atoms with Crippen LogP contribution in [0.15, 0.2) is 42.5 Å². The van der Waals surface area contributed by atoms with Gasteiger partial charge < -0.3 is 9.57 Å². The first-order chi connectivity index (χ1) is 9.87. The number of fused-ring (bicyclic) bond motifs is 1. The first kappa shape index (κ1) is 14.8. The van der Waals surface area contributed by atoms with Crippen LogP contribution in [0.2, 0.25) is 0 Å². The maximum absolute atomic E-state index is 12.0.